The van der Waals surface area contributed by atoms with Crippen LogP contribution in [0.3, 0.4) is 0 Å². The van der Waals surface area contributed by atoms with Gasteiger partial charge in [0.2, 0.25) is 5.91 Å². The van der Waals surface area contributed by atoms with Crippen LogP contribution < -0.4 is 5.32 Å². The summed E-state index contributed by atoms with van der Waals surface area (Å²) in [5.41, 5.74) is 0. The van der Waals surface area contributed by atoms with Crippen molar-refractivity contribution in [2.45, 2.75) is 283 Å². The zero-order chi connectivity index (χ0) is 40.7. The second-order valence-electron chi connectivity index (χ2n) is 17.2. The predicted molar refractivity (Wildman–Crippen MR) is 248 cm³/mol. The van der Waals surface area contributed by atoms with Crippen molar-refractivity contribution >= 4 is 5.91 Å². The highest BCUT2D eigenvalue weighted by atomic mass is 16.3. The first kappa shape index (κ1) is 54.6. The summed E-state index contributed by atoms with van der Waals surface area (Å²) in [5, 5.41) is 23.1. The molecule has 0 saturated carbocycles. The molecule has 0 rings (SSSR count). The summed E-state index contributed by atoms with van der Waals surface area (Å²) >= 11 is 0. The maximum atomic E-state index is 12.4. The first-order chi connectivity index (χ1) is 27.7. The summed E-state index contributed by atoms with van der Waals surface area (Å²) in [6.07, 6.45) is 64.2. The molecular weight excluding hydrogens is 687 g/mol. The highest BCUT2D eigenvalue weighted by Gasteiger charge is 2.17. The number of hydrogen-bond acceptors (Lipinski definition) is 3. The third kappa shape index (κ3) is 43.7. The van der Waals surface area contributed by atoms with Crippen LogP contribution in [0.15, 0.2) is 36.5 Å². The van der Waals surface area contributed by atoms with Crippen molar-refractivity contribution in [2.75, 3.05) is 6.61 Å². The molecule has 0 spiro atoms. The second kappa shape index (κ2) is 48.0. The smallest absolute Gasteiger partial charge is 0.220 e. The largest absolute Gasteiger partial charge is 0.394 e. The van der Waals surface area contributed by atoms with Gasteiger partial charge >= 0.3 is 0 Å². The Labute approximate surface area is 351 Å². The van der Waals surface area contributed by atoms with Gasteiger partial charge in [0.25, 0.3) is 0 Å². The van der Waals surface area contributed by atoms with Gasteiger partial charge in [0.05, 0.1) is 18.8 Å². The molecule has 0 aromatic rings. The maximum Gasteiger partial charge on any atom is 0.220 e. The number of nitrogens with one attached hydrogen (secondary N) is 1. The third-order valence-corrected chi connectivity index (χ3v) is 11.6. The van der Waals surface area contributed by atoms with Crippen LogP contribution in [0.5, 0.6) is 0 Å². The van der Waals surface area contributed by atoms with Crippen LogP contribution in [-0.2, 0) is 4.79 Å². The van der Waals surface area contributed by atoms with Crippen LogP contribution >= 0.6 is 0 Å². The molecule has 2 unspecified atom stereocenters. The van der Waals surface area contributed by atoms with E-state index in [1.165, 1.54) is 212 Å². The van der Waals surface area contributed by atoms with Crippen molar-refractivity contribution in [1.82, 2.24) is 5.32 Å². The zero-order valence-corrected chi connectivity index (χ0v) is 37.9. The van der Waals surface area contributed by atoms with E-state index in [1.54, 1.807) is 6.08 Å². The van der Waals surface area contributed by atoms with Gasteiger partial charge in [-0.25, -0.2) is 0 Å². The van der Waals surface area contributed by atoms with E-state index in [0.717, 1.165) is 38.5 Å². The lowest BCUT2D eigenvalue weighted by Crippen LogP contribution is -2.45. The molecule has 0 radical (unpaired) electrons. The van der Waals surface area contributed by atoms with Crippen LogP contribution in [-0.4, -0.2) is 34.9 Å². The molecule has 2 atom stereocenters. The minimum absolute atomic E-state index is 0.0733. The van der Waals surface area contributed by atoms with E-state index in [9.17, 15) is 15.0 Å². The van der Waals surface area contributed by atoms with Gasteiger partial charge in [0, 0.05) is 6.42 Å². The molecule has 0 aliphatic carbocycles. The predicted octanol–water partition coefficient (Wildman–Crippen LogP) is 16.1. The van der Waals surface area contributed by atoms with Gasteiger partial charge in [-0.2, -0.15) is 0 Å². The fourth-order valence-electron chi connectivity index (χ4n) is 7.74. The Hall–Kier alpha value is -1.39. The highest BCUT2D eigenvalue weighted by Crippen LogP contribution is 2.16. The average molecular weight is 786 g/mol. The van der Waals surface area contributed by atoms with Gasteiger partial charge < -0.3 is 15.5 Å². The number of hydrogen-bond donors (Lipinski definition) is 3. The van der Waals surface area contributed by atoms with Gasteiger partial charge in [-0.15, -0.1) is 0 Å². The van der Waals surface area contributed by atoms with Crippen LogP contribution in [0.4, 0.5) is 0 Å². The molecule has 0 aliphatic rings. The maximum absolute atomic E-state index is 12.4. The lowest BCUT2D eigenvalue weighted by molar-refractivity contribution is -0.123. The summed E-state index contributed by atoms with van der Waals surface area (Å²) < 4.78 is 0. The number of rotatable bonds is 46. The minimum Gasteiger partial charge on any atom is -0.394 e. The van der Waals surface area contributed by atoms with E-state index in [-0.39, 0.29) is 12.5 Å². The van der Waals surface area contributed by atoms with Crippen LogP contribution in [0, 0.1) is 0 Å². The summed E-state index contributed by atoms with van der Waals surface area (Å²) in [7, 11) is 0. The van der Waals surface area contributed by atoms with Gasteiger partial charge in [0.15, 0.2) is 0 Å². The molecule has 4 nitrogen and oxygen atoms in total. The Balaban J connectivity index is 3.56. The van der Waals surface area contributed by atoms with Gasteiger partial charge in [-0.05, 0) is 44.9 Å². The Bertz CT molecular complexity index is 851. The molecule has 330 valence electrons. The summed E-state index contributed by atoms with van der Waals surface area (Å²) in [5.74, 6) is -0.0733. The number of allylic oxidation sites excluding steroid dienone is 5. The van der Waals surface area contributed by atoms with Crippen molar-refractivity contribution < 1.29 is 15.0 Å². The first-order valence-electron chi connectivity index (χ1n) is 25.2. The van der Waals surface area contributed by atoms with E-state index in [0.29, 0.717) is 6.42 Å². The Morgan fingerprint density at radius 2 is 0.696 bits per heavy atom. The average Bonchev–Trinajstić information content (AvgIpc) is 3.20. The minimum atomic E-state index is -0.868. The molecule has 0 aromatic heterocycles. The number of carbonyl (C=O) groups excluding carboxylic acids is 1. The Kier molecular flexibility index (Phi) is 46.8. The van der Waals surface area contributed by atoms with Crippen molar-refractivity contribution in [2.24, 2.45) is 0 Å². The quantitative estimate of drug-likeness (QED) is 0.0425. The molecule has 0 aromatic carbocycles. The van der Waals surface area contributed by atoms with Crippen LogP contribution in [0.25, 0.3) is 0 Å². The first-order valence-corrected chi connectivity index (χ1v) is 25.2. The normalized spacial score (nSPS) is 13.1. The number of carbonyl (C=O) groups is 1. The summed E-state index contributed by atoms with van der Waals surface area (Å²) in [6, 6.07) is -0.643. The molecular formula is C52H99NO3. The molecule has 0 fully saturated rings. The molecule has 0 aliphatic heterocycles. The van der Waals surface area contributed by atoms with Crippen LogP contribution in [0.2, 0.25) is 0 Å². The van der Waals surface area contributed by atoms with Crippen LogP contribution in [0.1, 0.15) is 271 Å². The number of unbranched alkanes of at least 4 members (excludes halogenated alkanes) is 35. The molecule has 1 amide bonds. The van der Waals surface area contributed by atoms with E-state index < -0.39 is 12.1 Å². The lowest BCUT2D eigenvalue weighted by Gasteiger charge is -2.19. The van der Waals surface area contributed by atoms with E-state index >= 15 is 0 Å². The van der Waals surface area contributed by atoms with Crippen molar-refractivity contribution in [3.8, 4) is 0 Å². The molecule has 56 heavy (non-hydrogen) atoms. The SMILES string of the molecule is CCCCCCCCCCCCC/C=C/CC/C=C/CC/C=C/C(O)C(CO)NC(=O)CCCCCCCCCCCCCCCCCCCCCCCCC. The number of amides is 1. The monoisotopic (exact) mass is 786 g/mol. The fourth-order valence-corrected chi connectivity index (χ4v) is 7.74. The highest BCUT2D eigenvalue weighted by molar-refractivity contribution is 5.76. The molecule has 0 heterocycles. The molecule has 0 saturated heterocycles. The number of aliphatic hydroxyl groups excluding tert-OH is 2. The van der Waals surface area contributed by atoms with Crippen molar-refractivity contribution in [3.05, 3.63) is 36.5 Å². The summed E-state index contributed by atoms with van der Waals surface area (Å²) in [6.45, 7) is 4.32. The topological polar surface area (TPSA) is 69.6 Å². The van der Waals surface area contributed by atoms with Gasteiger partial charge in [0.1, 0.15) is 0 Å². The Morgan fingerprint density at radius 3 is 1.04 bits per heavy atom. The van der Waals surface area contributed by atoms with E-state index in [1.807, 2.05) is 6.08 Å². The fraction of sp³-hybridized carbons (Fsp3) is 0.865. The van der Waals surface area contributed by atoms with Gasteiger partial charge in [-0.3, -0.25) is 4.79 Å². The van der Waals surface area contributed by atoms with Crippen molar-refractivity contribution in [1.29, 1.82) is 0 Å². The van der Waals surface area contributed by atoms with Crippen molar-refractivity contribution in [3.63, 3.8) is 0 Å². The lowest BCUT2D eigenvalue weighted by atomic mass is 10.0. The second-order valence-corrected chi connectivity index (χ2v) is 17.2. The molecule has 3 N–H and O–H groups in total. The molecule has 0 bridgehead atoms. The van der Waals surface area contributed by atoms with E-state index in [2.05, 4.69) is 43.5 Å². The number of aliphatic hydroxyl groups is 2. The van der Waals surface area contributed by atoms with E-state index in [4.69, 9.17) is 0 Å². The summed E-state index contributed by atoms with van der Waals surface area (Å²) in [4.78, 5) is 12.4. The Morgan fingerprint density at radius 1 is 0.411 bits per heavy atom. The standard InChI is InChI=1S/C52H99NO3/c1-3-5-7-9-11-13-15-17-19-21-23-25-26-28-30-32-34-36-38-40-42-44-46-48-52(56)53-50(49-54)51(55)47-45-43-41-39-37-35-33-31-29-27-24-22-20-18-16-14-12-10-8-6-4-2/h29,31,37,39,45,47,50-51,54-55H,3-28,30,32-36,38,40-44,46,48-49H2,1-2H3,(H,53,56)/b31-29+,39-37+,47-45+. The third-order valence-electron chi connectivity index (χ3n) is 11.6. The zero-order valence-electron chi connectivity index (χ0n) is 37.9. The van der Waals surface area contributed by atoms with Gasteiger partial charge in [-0.1, -0.05) is 256 Å². The molecule has 4 heteroatoms.